The number of aromatic nitrogens is 4. The lowest BCUT2D eigenvalue weighted by Gasteiger charge is -2.04. The zero-order valence-electron chi connectivity index (χ0n) is 13.0. The summed E-state index contributed by atoms with van der Waals surface area (Å²) in [7, 11) is 1.57. The number of aryl methyl sites for hydroxylation is 3. The van der Waals surface area contributed by atoms with Crippen LogP contribution in [0.4, 0.5) is 10.5 Å². The number of nitrogens with one attached hydrogen (secondary N) is 4. The number of fused-ring (bicyclic) bond motifs is 1. The zero-order valence-corrected chi connectivity index (χ0v) is 13.0. The second-order valence-electron chi connectivity index (χ2n) is 5.32. The van der Waals surface area contributed by atoms with Crippen molar-refractivity contribution in [1.82, 2.24) is 25.5 Å². The fourth-order valence-electron chi connectivity index (χ4n) is 2.31. The van der Waals surface area contributed by atoms with Crippen molar-refractivity contribution >= 4 is 22.8 Å². The van der Waals surface area contributed by atoms with Gasteiger partial charge in [0.2, 0.25) is 0 Å². The Balaban J connectivity index is 2.10. The van der Waals surface area contributed by atoms with Crippen molar-refractivity contribution in [1.29, 1.82) is 0 Å². The van der Waals surface area contributed by atoms with E-state index in [-0.39, 0.29) is 6.03 Å². The van der Waals surface area contributed by atoms with Crippen LogP contribution in [-0.4, -0.2) is 33.2 Å². The van der Waals surface area contributed by atoms with Crippen LogP contribution in [0.3, 0.4) is 0 Å². The Morgan fingerprint density at radius 1 is 1.18 bits per heavy atom. The number of nitrogens with zero attached hydrogens (tertiary/aromatic N) is 2. The Hall–Kier alpha value is -2.83. The van der Waals surface area contributed by atoms with Crippen molar-refractivity contribution in [2.75, 3.05) is 12.4 Å². The predicted molar refractivity (Wildman–Crippen MR) is 86.0 cm³/mol. The highest BCUT2D eigenvalue weighted by atomic mass is 16.2. The molecule has 3 rings (SSSR count). The highest BCUT2D eigenvalue weighted by Gasteiger charge is 2.17. The summed E-state index contributed by atoms with van der Waals surface area (Å²) in [5, 5.41) is 12.4. The average molecular weight is 298 g/mol. The Bertz CT molecular complexity index is 821. The number of rotatable bonds is 2. The molecule has 4 N–H and O–H groups in total. The number of amides is 2. The van der Waals surface area contributed by atoms with Crippen molar-refractivity contribution in [3.8, 4) is 11.5 Å². The van der Waals surface area contributed by atoms with Crippen LogP contribution in [0.5, 0.6) is 0 Å². The highest BCUT2D eigenvalue weighted by molar-refractivity contribution is 5.94. The molecule has 0 aliphatic rings. The van der Waals surface area contributed by atoms with Gasteiger partial charge in [-0.2, -0.15) is 5.10 Å². The molecule has 22 heavy (non-hydrogen) atoms. The van der Waals surface area contributed by atoms with Crippen LogP contribution in [0.1, 0.15) is 16.8 Å². The number of urea groups is 1. The van der Waals surface area contributed by atoms with Gasteiger partial charge in [0.25, 0.3) is 0 Å². The minimum atomic E-state index is -0.298. The third-order valence-electron chi connectivity index (χ3n) is 3.73. The summed E-state index contributed by atoms with van der Waals surface area (Å²) >= 11 is 0. The van der Waals surface area contributed by atoms with E-state index < -0.39 is 0 Å². The lowest BCUT2D eigenvalue weighted by atomic mass is 10.1. The Kier molecular flexibility index (Phi) is 3.32. The molecule has 114 valence electrons. The van der Waals surface area contributed by atoms with Gasteiger partial charge in [-0.3, -0.25) is 5.10 Å². The van der Waals surface area contributed by atoms with Gasteiger partial charge in [-0.05, 0) is 44.0 Å². The average Bonchev–Trinajstić information content (AvgIpc) is 3.03. The molecule has 0 atom stereocenters. The minimum absolute atomic E-state index is 0.298. The van der Waals surface area contributed by atoms with E-state index in [1.54, 1.807) is 7.05 Å². The van der Waals surface area contributed by atoms with Gasteiger partial charge in [0.1, 0.15) is 0 Å². The normalized spacial score (nSPS) is 10.9. The van der Waals surface area contributed by atoms with Crippen molar-refractivity contribution in [3.63, 3.8) is 0 Å². The second kappa shape index (κ2) is 5.18. The molecular formula is C15H18N6O. The fraction of sp³-hybridized carbons (Fsp3) is 0.267. The van der Waals surface area contributed by atoms with E-state index >= 15 is 0 Å². The number of carbonyl (C=O) groups is 1. The Labute approximate surface area is 127 Å². The summed E-state index contributed by atoms with van der Waals surface area (Å²) in [6, 6.07) is 3.80. The minimum Gasteiger partial charge on any atom is -0.341 e. The molecule has 7 heteroatoms. The number of imidazole rings is 1. The number of H-pyrrole nitrogens is 2. The molecule has 0 unspecified atom stereocenters. The van der Waals surface area contributed by atoms with Gasteiger partial charge in [0.15, 0.2) is 11.5 Å². The molecule has 0 saturated heterocycles. The first-order chi connectivity index (χ1) is 10.5. The largest absolute Gasteiger partial charge is 0.341 e. The molecule has 2 heterocycles. The standard InChI is InChI=1S/C15H18N6O/c1-7-5-10-11(6-8(7)2)18-14(17-10)13-12(9(3)20-21-13)19-15(22)16-4/h5-6H,1-4H3,(H,17,18)(H,20,21)(H2,16,19,22). The van der Waals surface area contributed by atoms with Crippen LogP contribution < -0.4 is 10.6 Å². The smallest absolute Gasteiger partial charge is 0.319 e. The number of hydrogen-bond acceptors (Lipinski definition) is 3. The number of aromatic amines is 2. The number of carbonyl (C=O) groups excluding carboxylic acids is 1. The molecule has 2 amide bonds. The van der Waals surface area contributed by atoms with Crippen molar-refractivity contribution in [2.24, 2.45) is 0 Å². The third-order valence-corrected chi connectivity index (χ3v) is 3.73. The van der Waals surface area contributed by atoms with Crippen LogP contribution in [0.25, 0.3) is 22.6 Å². The van der Waals surface area contributed by atoms with Gasteiger partial charge in [-0.15, -0.1) is 0 Å². The Morgan fingerprint density at radius 2 is 1.91 bits per heavy atom. The molecule has 0 bridgehead atoms. The molecular weight excluding hydrogens is 280 g/mol. The maximum atomic E-state index is 11.6. The van der Waals surface area contributed by atoms with Crippen LogP contribution in [0.2, 0.25) is 0 Å². The van der Waals surface area contributed by atoms with E-state index in [2.05, 4.69) is 50.7 Å². The number of hydrogen-bond donors (Lipinski definition) is 4. The van der Waals surface area contributed by atoms with Gasteiger partial charge in [0.05, 0.1) is 22.4 Å². The molecule has 0 aliphatic heterocycles. The van der Waals surface area contributed by atoms with Gasteiger partial charge in [-0.25, -0.2) is 9.78 Å². The molecule has 2 aromatic heterocycles. The molecule has 1 aromatic carbocycles. The van der Waals surface area contributed by atoms with E-state index in [0.717, 1.165) is 16.7 Å². The van der Waals surface area contributed by atoms with Gasteiger partial charge in [0, 0.05) is 7.05 Å². The van der Waals surface area contributed by atoms with Crippen molar-refractivity contribution in [3.05, 3.63) is 29.0 Å². The molecule has 0 spiro atoms. The fourth-order valence-corrected chi connectivity index (χ4v) is 2.31. The molecule has 7 nitrogen and oxygen atoms in total. The first-order valence-corrected chi connectivity index (χ1v) is 7.00. The topological polar surface area (TPSA) is 98.5 Å². The summed E-state index contributed by atoms with van der Waals surface area (Å²) in [5.41, 5.74) is 6.19. The SMILES string of the molecule is CNC(=O)Nc1c(-c2nc3cc(C)c(C)cc3[nH]2)n[nH]c1C. The summed E-state index contributed by atoms with van der Waals surface area (Å²) in [4.78, 5) is 19.4. The van der Waals surface area contributed by atoms with Gasteiger partial charge in [-0.1, -0.05) is 0 Å². The molecule has 0 fully saturated rings. The number of benzene rings is 1. The van der Waals surface area contributed by atoms with Gasteiger partial charge >= 0.3 is 6.03 Å². The van der Waals surface area contributed by atoms with E-state index in [0.29, 0.717) is 17.2 Å². The lowest BCUT2D eigenvalue weighted by Crippen LogP contribution is -2.24. The van der Waals surface area contributed by atoms with Crippen molar-refractivity contribution in [2.45, 2.75) is 20.8 Å². The first-order valence-electron chi connectivity index (χ1n) is 7.00. The Morgan fingerprint density at radius 3 is 2.64 bits per heavy atom. The monoisotopic (exact) mass is 298 g/mol. The molecule has 0 radical (unpaired) electrons. The summed E-state index contributed by atoms with van der Waals surface area (Å²) < 4.78 is 0. The van der Waals surface area contributed by atoms with E-state index in [4.69, 9.17) is 0 Å². The first kappa shape index (κ1) is 14.1. The molecule has 3 aromatic rings. The van der Waals surface area contributed by atoms with Crippen LogP contribution in [0.15, 0.2) is 12.1 Å². The van der Waals surface area contributed by atoms with Crippen molar-refractivity contribution < 1.29 is 4.79 Å². The van der Waals surface area contributed by atoms with E-state index in [9.17, 15) is 4.79 Å². The van der Waals surface area contributed by atoms with Gasteiger partial charge < -0.3 is 15.6 Å². The zero-order chi connectivity index (χ0) is 15.9. The lowest BCUT2D eigenvalue weighted by molar-refractivity contribution is 0.254. The van der Waals surface area contributed by atoms with E-state index in [1.807, 2.05) is 13.0 Å². The van der Waals surface area contributed by atoms with Crippen LogP contribution >= 0.6 is 0 Å². The predicted octanol–water partition coefficient (Wildman–Crippen LogP) is 2.63. The second-order valence-corrected chi connectivity index (χ2v) is 5.32. The highest BCUT2D eigenvalue weighted by Crippen LogP contribution is 2.28. The molecule has 0 aliphatic carbocycles. The summed E-state index contributed by atoms with van der Waals surface area (Å²) in [6.45, 7) is 5.96. The van der Waals surface area contributed by atoms with E-state index in [1.165, 1.54) is 11.1 Å². The van der Waals surface area contributed by atoms with Crippen LogP contribution in [-0.2, 0) is 0 Å². The third kappa shape index (κ3) is 2.30. The maximum absolute atomic E-state index is 11.6. The van der Waals surface area contributed by atoms with Crippen LogP contribution in [0, 0.1) is 20.8 Å². The summed E-state index contributed by atoms with van der Waals surface area (Å²) in [5.74, 6) is 0.621. The maximum Gasteiger partial charge on any atom is 0.319 e. The molecule has 0 saturated carbocycles. The number of anilines is 1. The summed E-state index contributed by atoms with van der Waals surface area (Å²) in [6.07, 6.45) is 0. The quantitative estimate of drug-likeness (QED) is 0.585.